The van der Waals surface area contributed by atoms with E-state index in [1.165, 1.54) is 18.2 Å². The van der Waals surface area contributed by atoms with Crippen LogP contribution in [0.1, 0.15) is 18.5 Å². The van der Waals surface area contributed by atoms with E-state index in [1.807, 2.05) is 6.92 Å². The van der Waals surface area contributed by atoms with E-state index in [0.29, 0.717) is 5.56 Å². The second kappa shape index (κ2) is 5.63. The first-order valence-corrected chi connectivity index (χ1v) is 8.08. The molecule has 0 saturated heterocycles. The van der Waals surface area contributed by atoms with Crippen molar-refractivity contribution < 1.29 is 12.8 Å². The lowest BCUT2D eigenvalue weighted by atomic mass is 10.1. The molecule has 0 aliphatic rings. The molecule has 0 bridgehead atoms. The minimum absolute atomic E-state index is 0.208. The summed E-state index contributed by atoms with van der Waals surface area (Å²) in [7, 11) is -3.19. The third-order valence-electron chi connectivity index (χ3n) is 3.04. The van der Waals surface area contributed by atoms with Crippen LogP contribution < -0.4 is 5.32 Å². The lowest BCUT2D eigenvalue weighted by molar-refractivity contribution is 0.600. The molecule has 0 heterocycles. The number of nitrogens with one attached hydrogen (secondary N) is 1. The third kappa shape index (κ3) is 3.36. The standard InChI is InChI=1S/C15H16FNO2S/c1-11(14-5-3-4-6-15(14)16)17-12-7-9-13(10-8-12)20(2,18)19/h3-11,17H,1-2H3. The van der Waals surface area contributed by atoms with Crippen molar-refractivity contribution in [2.24, 2.45) is 0 Å². The number of hydrogen-bond donors (Lipinski definition) is 1. The molecular formula is C15H16FNO2S. The number of hydrogen-bond acceptors (Lipinski definition) is 3. The van der Waals surface area contributed by atoms with Gasteiger partial charge in [0.05, 0.1) is 10.9 Å². The van der Waals surface area contributed by atoms with Crippen molar-refractivity contribution >= 4 is 15.5 Å². The summed E-state index contributed by atoms with van der Waals surface area (Å²) in [4.78, 5) is 0.265. The maximum absolute atomic E-state index is 13.6. The van der Waals surface area contributed by atoms with E-state index < -0.39 is 9.84 Å². The van der Waals surface area contributed by atoms with Gasteiger partial charge in [0.25, 0.3) is 0 Å². The van der Waals surface area contributed by atoms with Crippen molar-refractivity contribution in [2.45, 2.75) is 17.9 Å². The molecule has 0 aromatic heterocycles. The van der Waals surface area contributed by atoms with Crippen molar-refractivity contribution in [2.75, 3.05) is 11.6 Å². The fourth-order valence-corrected chi connectivity index (χ4v) is 2.58. The third-order valence-corrected chi connectivity index (χ3v) is 4.17. The first-order valence-electron chi connectivity index (χ1n) is 6.19. The molecule has 106 valence electrons. The first-order chi connectivity index (χ1) is 9.38. The highest BCUT2D eigenvalue weighted by molar-refractivity contribution is 7.90. The highest BCUT2D eigenvalue weighted by Crippen LogP contribution is 2.22. The topological polar surface area (TPSA) is 46.2 Å². The predicted octanol–water partition coefficient (Wildman–Crippen LogP) is 3.40. The molecule has 1 atom stereocenters. The zero-order chi connectivity index (χ0) is 14.8. The highest BCUT2D eigenvalue weighted by atomic mass is 32.2. The smallest absolute Gasteiger partial charge is 0.175 e. The van der Waals surface area contributed by atoms with E-state index in [9.17, 15) is 12.8 Å². The van der Waals surface area contributed by atoms with Gasteiger partial charge < -0.3 is 5.32 Å². The number of rotatable bonds is 4. The second-order valence-electron chi connectivity index (χ2n) is 4.68. The van der Waals surface area contributed by atoms with Gasteiger partial charge in [-0.1, -0.05) is 18.2 Å². The van der Waals surface area contributed by atoms with E-state index in [2.05, 4.69) is 5.32 Å². The predicted molar refractivity (Wildman–Crippen MR) is 78.0 cm³/mol. The van der Waals surface area contributed by atoms with E-state index in [4.69, 9.17) is 0 Å². The van der Waals surface area contributed by atoms with Crippen LogP contribution in [0.15, 0.2) is 53.4 Å². The monoisotopic (exact) mass is 293 g/mol. The molecular weight excluding hydrogens is 277 g/mol. The Balaban J connectivity index is 2.17. The average Bonchev–Trinajstić information content (AvgIpc) is 2.38. The van der Waals surface area contributed by atoms with E-state index in [-0.39, 0.29) is 16.8 Å². The maximum atomic E-state index is 13.6. The molecule has 0 aliphatic heterocycles. The summed E-state index contributed by atoms with van der Waals surface area (Å²) < 4.78 is 36.4. The minimum atomic E-state index is -3.19. The molecule has 0 radical (unpaired) electrons. The van der Waals surface area contributed by atoms with Crippen LogP contribution in [-0.2, 0) is 9.84 Å². The van der Waals surface area contributed by atoms with Gasteiger partial charge in [-0.15, -0.1) is 0 Å². The Labute approximate surface area is 118 Å². The normalized spacial score (nSPS) is 12.9. The highest BCUT2D eigenvalue weighted by Gasteiger charge is 2.11. The Morgan fingerprint density at radius 1 is 1.05 bits per heavy atom. The first kappa shape index (κ1) is 14.5. The summed E-state index contributed by atoms with van der Waals surface area (Å²) in [6.07, 6.45) is 1.16. The lowest BCUT2D eigenvalue weighted by Gasteiger charge is -2.16. The van der Waals surface area contributed by atoms with Gasteiger partial charge in [0.2, 0.25) is 0 Å². The van der Waals surface area contributed by atoms with E-state index in [1.54, 1.807) is 30.3 Å². The molecule has 0 saturated carbocycles. The molecule has 0 aliphatic carbocycles. The zero-order valence-corrected chi connectivity index (χ0v) is 12.1. The fourth-order valence-electron chi connectivity index (χ4n) is 1.95. The summed E-state index contributed by atoms with van der Waals surface area (Å²) in [6.45, 7) is 1.85. The summed E-state index contributed by atoms with van der Waals surface area (Å²) in [6, 6.07) is 12.8. The van der Waals surface area contributed by atoms with Gasteiger partial charge in [0.15, 0.2) is 9.84 Å². The van der Waals surface area contributed by atoms with Crippen LogP contribution in [0, 0.1) is 5.82 Å². The molecule has 1 N–H and O–H groups in total. The zero-order valence-electron chi connectivity index (χ0n) is 11.3. The maximum Gasteiger partial charge on any atom is 0.175 e. The molecule has 5 heteroatoms. The Bertz CT molecular complexity index is 696. The van der Waals surface area contributed by atoms with Crippen LogP contribution in [0.5, 0.6) is 0 Å². The second-order valence-corrected chi connectivity index (χ2v) is 6.70. The van der Waals surface area contributed by atoms with Gasteiger partial charge in [0, 0.05) is 17.5 Å². The molecule has 2 aromatic rings. The SMILES string of the molecule is CC(Nc1ccc(S(C)(=O)=O)cc1)c1ccccc1F. The number of anilines is 1. The number of halogens is 1. The van der Waals surface area contributed by atoms with Gasteiger partial charge in [-0.2, -0.15) is 0 Å². The lowest BCUT2D eigenvalue weighted by Crippen LogP contribution is -2.08. The van der Waals surface area contributed by atoms with Crippen LogP contribution in [0.4, 0.5) is 10.1 Å². The Morgan fingerprint density at radius 2 is 1.65 bits per heavy atom. The molecule has 0 spiro atoms. The van der Waals surface area contributed by atoms with Crippen molar-refractivity contribution in [3.05, 3.63) is 59.9 Å². The largest absolute Gasteiger partial charge is 0.378 e. The van der Waals surface area contributed by atoms with Gasteiger partial charge in [-0.25, -0.2) is 12.8 Å². The van der Waals surface area contributed by atoms with Crippen molar-refractivity contribution in [1.29, 1.82) is 0 Å². The summed E-state index contributed by atoms with van der Waals surface area (Å²) in [5, 5.41) is 3.14. The molecule has 0 amide bonds. The molecule has 3 nitrogen and oxygen atoms in total. The Hall–Kier alpha value is -1.88. The molecule has 2 aromatic carbocycles. The molecule has 20 heavy (non-hydrogen) atoms. The number of benzene rings is 2. The fraction of sp³-hybridized carbons (Fsp3) is 0.200. The van der Waals surface area contributed by atoms with Crippen LogP contribution in [0.25, 0.3) is 0 Å². The van der Waals surface area contributed by atoms with Crippen LogP contribution in [-0.4, -0.2) is 14.7 Å². The van der Waals surface area contributed by atoms with Crippen LogP contribution in [0.3, 0.4) is 0 Å². The van der Waals surface area contributed by atoms with E-state index in [0.717, 1.165) is 11.9 Å². The van der Waals surface area contributed by atoms with Gasteiger partial charge >= 0.3 is 0 Å². The number of sulfone groups is 1. The van der Waals surface area contributed by atoms with Gasteiger partial charge in [-0.05, 0) is 37.3 Å². The Morgan fingerprint density at radius 3 is 2.20 bits per heavy atom. The van der Waals surface area contributed by atoms with Crippen LogP contribution >= 0.6 is 0 Å². The van der Waals surface area contributed by atoms with Crippen LogP contribution in [0.2, 0.25) is 0 Å². The average molecular weight is 293 g/mol. The Kier molecular flexibility index (Phi) is 4.09. The molecule has 2 rings (SSSR count). The van der Waals surface area contributed by atoms with Crippen molar-refractivity contribution in [1.82, 2.24) is 0 Å². The van der Waals surface area contributed by atoms with Crippen molar-refractivity contribution in [3.63, 3.8) is 0 Å². The molecule has 0 fully saturated rings. The van der Waals surface area contributed by atoms with E-state index >= 15 is 0 Å². The minimum Gasteiger partial charge on any atom is -0.378 e. The molecule has 1 unspecified atom stereocenters. The van der Waals surface area contributed by atoms with Gasteiger partial charge in [-0.3, -0.25) is 0 Å². The summed E-state index contributed by atoms with van der Waals surface area (Å²) in [5.41, 5.74) is 1.31. The van der Waals surface area contributed by atoms with Crippen molar-refractivity contribution in [3.8, 4) is 0 Å². The quantitative estimate of drug-likeness (QED) is 0.939. The summed E-state index contributed by atoms with van der Waals surface area (Å²) in [5.74, 6) is -0.264. The summed E-state index contributed by atoms with van der Waals surface area (Å²) >= 11 is 0. The van der Waals surface area contributed by atoms with Gasteiger partial charge in [0.1, 0.15) is 5.82 Å².